The molecule has 0 N–H and O–H groups in total. The highest BCUT2D eigenvalue weighted by atomic mass is 16.2. The molecule has 0 fully saturated rings. The number of para-hydroxylation sites is 1. The molecule has 0 radical (unpaired) electrons. The van der Waals surface area contributed by atoms with Gasteiger partial charge in [-0.1, -0.05) is 42.5 Å². The average Bonchev–Trinajstić information content (AvgIpc) is 3.00. The van der Waals surface area contributed by atoms with E-state index >= 15 is 0 Å². The van der Waals surface area contributed by atoms with E-state index in [4.69, 9.17) is 5.10 Å². The summed E-state index contributed by atoms with van der Waals surface area (Å²) in [7, 11) is 0. The fourth-order valence-corrected chi connectivity index (χ4v) is 3.96. The molecule has 0 spiro atoms. The Bertz CT molecular complexity index is 959. The van der Waals surface area contributed by atoms with Crippen LogP contribution < -0.4 is 0 Å². The zero-order valence-electron chi connectivity index (χ0n) is 16.0. The van der Waals surface area contributed by atoms with E-state index in [0.29, 0.717) is 6.42 Å². The third-order valence-electron chi connectivity index (χ3n) is 5.51. The van der Waals surface area contributed by atoms with Crippen LogP contribution in [0.15, 0.2) is 54.6 Å². The van der Waals surface area contributed by atoms with Crippen LogP contribution in [0.5, 0.6) is 0 Å². The summed E-state index contributed by atoms with van der Waals surface area (Å²) in [6, 6.07) is 18.6. The lowest BCUT2D eigenvalue weighted by molar-refractivity contribution is -0.132. The fourth-order valence-electron chi connectivity index (χ4n) is 3.96. The molecule has 138 valence electrons. The van der Waals surface area contributed by atoms with E-state index in [1.165, 1.54) is 16.7 Å². The molecule has 0 atom stereocenters. The first-order valence-corrected chi connectivity index (χ1v) is 9.58. The van der Waals surface area contributed by atoms with Crippen molar-refractivity contribution in [2.75, 3.05) is 6.54 Å². The molecule has 0 aliphatic carbocycles. The lowest BCUT2D eigenvalue weighted by atomic mass is 9.99. The number of amides is 1. The molecular weight excluding hydrogens is 334 g/mol. The van der Waals surface area contributed by atoms with Crippen LogP contribution in [0.3, 0.4) is 0 Å². The number of aromatic nitrogens is 2. The quantitative estimate of drug-likeness (QED) is 0.706. The molecule has 4 rings (SSSR count). The first-order chi connectivity index (χ1) is 13.1. The summed E-state index contributed by atoms with van der Waals surface area (Å²) in [6.07, 6.45) is 2.22. The summed E-state index contributed by atoms with van der Waals surface area (Å²) < 4.78 is 1.98. The Morgan fingerprint density at radius 2 is 1.70 bits per heavy atom. The first kappa shape index (κ1) is 17.5. The Morgan fingerprint density at radius 1 is 1.00 bits per heavy atom. The van der Waals surface area contributed by atoms with Crippen molar-refractivity contribution in [1.29, 1.82) is 0 Å². The molecular formula is C23H25N3O. The molecule has 0 saturated carbocycles. The number of hydrogen-bond acceptors (Lipinski definition) is 2. The maximum atomic E-state index is 12.8. The minimum absolute atomic E-state index is 0.232. The van der Waals surface area contributed by atoms with Gasteiger partial charge in [0, 0.05) is 25.2 Å². The molecule has 2 aromatic carbocycles. The number of aryl methyl sites for hydroxylation is 1. The van der Waals surface area contributed by atoms with Crippen LogP contribution in [-0.4, -0.2) is 27.1 Å². The smallest absolute Gasteiger partial charge is 0.223 e. The molecule has 1 aliphatic rings. The highest BCUT2D eigenvalue weighted by molar-refractivity contribution is 5.77. The van der Waals surface area contributed by atoms with Gasteiger partial charge >= 0.3 is 0 Å². The van der Waals surface area contributed by atoms with E-state index in [1.54, 1.807) is 0 Å². The van der Waals surface area contributed by atoms with Crippen molar-refractivity contribution in [3.05, 3.63) is 82.7 Å². The van der Waals surface area contributed by atoms with Gasteiger partial charge in [0.2, 0.25) is 5.91 Å². The van der Waals surface area contributed by atoms with Gasteiger partial charge in [-0.3, -0.25) is 4.79 Å². The van der Waals surface area contributed by atoms with E-state index < -0.39 is 0 Å². The van der Waals surface area contributed by atoms with Crippen molar-refractivity contribution >= 4 is 5.91 Å². The van der Waals surface area contributed by atoms with E-state index in [0.717, 1.165) is 43.0 Å². The summed E-state index contributed by atoms with van der Waals surface area (Å²) >= 11 is 0. The van der Waals surface area contributed by atoms with Crippen LogP contribution in [0.1, 0.15) is 34.5 Å². The molecule has 0 unspecified atom stereocenters. The predicted molar refractivity (Wildman–Crippen MR) is 107 cm³/mol. The average molecular weight is 359 g/mol. The maximum Gasteiger partial charge on any atom is 0.223 e. The highest BCUT2D eigenvalue weighted by Gasteiger charge is 2.21. The molecule has 1 aliphatic heterocycles. The maximum absolute atomic E-state index is 12.8. The summed E-state index contributed by atoms with van der Waals surface area (Å²) in [6.45, 7) is 5.67. The van der Waals surface area contributed by atoms with Gasteiger partial charge in [-0.15, -0.1) is 0 Å². The number of carbonyl (C=O) groups is 1. The van der Waals surface area contributed by atoms with Gasteiger partial charge in [0.05, 0.1) is 11.4 Å². The van der Waals surface area contributed by atoms with Crippen molar-refractivity contribution < 1.29 is 4.79 Å². The zero-order chi connectivity index (χ0) is 18.8. The number of benzene rings is 2. The SMILES string of the molecule is Cc1nn(-c2ccccc2)c(C)c1CCC(=O)N1CCc2ccccc2C1. The van der Waals surface area contributed by atoms with Gasteiger partial charge in [-0.05, 0) is 55.5 Å². The minimum Gasteiger partial charge on any atom is -0.338 e. The second-order valence-corrected chi connectivity index (χ2v) is 7.23. The highest BCUT2D eigenvalue weighted by Crippen LogP contribution is 2.22. The molecule has 1 aromatic heterocycles. The van der Waals surface area contributed by atoms with Crippen LogP contribution >= 0.6 is 0 Å². The van der Waals surface area contributed by atoms with Gasteiger partial charge in [-0.25, -0.2) is 4.68 Å². The number of carbonyl (C=O) groups excluding carboxylic acids is 1. The molecule has 1 amide bonds. The van der Waals surface area contributed by atoms with Crippen molar-refractivity contribution in [1.82, 2.24) is 14.7 Å². The van der Waals surface area contributed by atoms with Crippen LogP contribution in [-0.2, 0) is 24.2 Å². The van der Waals surface area contributed by atoms with Crippen molar-refractivity contribution in [2.45, 2.75) is 39.7 Å². The van der Waals surface area contributed by atoms with Gasteiger partial charge in [0.15, 0.2) is 0 Å². The summed E-state index contributed by atoms with van der Waals surface area (Å²) in [4.78, 5) is 14.8. The minimum atomic E-state index is 0.232. The van der Waals surface area contributed by atoms with Crippen molar-refractivity contribution in [3.63, 3.8) is 0 Å². The van der Waals surface area contributed by atoms with E-state index in [-0.39, 0.29) is 5.91 Å². The molecule has 4 heteroatoms. The Labute approximate surface area is 160 Å². The number of rotatable bonds is 4. The Hall–Kier alpha value is -2.88. The monoisotopic (exact) mass is 359 g/mol. The molecule has 2 heterocycles. The van der Waals surface area contributed by atoms with Gasteiger partial charge < -0.3 is 4.90 Å². The topological polar surface area (TPSA) is 38.1 Å². The van der Waals surface area contributed by atoms with Crippen LogP contribution in [0.4, 0.5) is 0 Å². The normalized spacial score (nSPS) is 13.5. The standard InChI is InChI=1S/C23H25N3O/c1-17-22(18(2)26(24-17)21-10-4-3-5-11-21)12-13-23(27)25-15-14-19-8-6-7-9-20(19)16-25/h3-11H,12-16H2,1-2H3. The third-order valence-corrected chi connectivity index (χ3v) is 5.51. The number of fused-ring (bicyclic) bond motifs is 1. The molecule has 0 bridgehead atoms. The van der Waals surface area contributed by atoms with Crippen LogP contribution in [0.2, 0.25) is 0 Å². The van der Waals surface area contributed by atoms with Crippen molar-refractivity contribution in [3.8, 4) is 5.69 Å². The van der Waals surface area contributed by atoms with Gasteiger partial charge in [-0.2, -0.15) is 5.10 Å². The summed E-state index contributed by atoms with van der Waals surface area (Å²) in [5.74, 6) is 0.232. The Morgan fingerprint density at radius 3 is 2.48 bits per heavy atom. The second kappa shape index (κ2) is 7.39. The molecule has 4 nitrogen and oxygen atoms in total. The lowest BCUT2D eigenvalue weighted by Gasteiger charge is -2.29. The third kappa shape index (κ3) is 3.52. The molecule has 3 aromatic rings. The summed E-state index contributed by atoms with van der Waals surface area (Å²) in [5.41, 5.74) is 7.02. The van der Waals surface area contributed by atoms with Crippen molar-refractivity contribution in [2.24, 2.45) is 0 Å². The van der Waals surface area contributed by atoms with E-state index in [9.17, 15) is 4.79 Å². The van der Waals surface area contributed by atoms with Crippen LogP contribution in [0.25, 0.3) is 5.69 Å². The van der Waals surface area contributed by atoms with Gasteiger partial charge in [0.25, 0.3) is 0 Å². The predicted octanol–water partition coefficient (Wildman–Crippen LogP) is 4.01. The van der Waals surface area contributed by atoms with E-state index in [1.807, 2.05) is 34.7 Å². The molecule has 0 saturated heterocycles. The largest absolute Gasteiger partial charge is 0.338 e. The zero-order valence-corrected chi connectivity index (χ0v) is 16.0. The number of nitrogens with zero attached hydrogens (tertiary/aromatic N) is 3. The summed E-state index contributed by atoms with van der Waals surface area (Å²) in [5, 5.41) is 4.69. The first-order valence-electron chi connectivity index (χ1n) is 9.58. The second-order valence-electron chi connectivity index (χ2n) is 7.23. The van der Waals surface area contributed by atoms with E-state index in [2.05, 4.69) is 43.3 Å². The Kier molecular flexibility index (Phi) is 4.80. The molecule has 27 heavy (non-hydrogen) atoms. The lowest BCUT2D eigenvalue weighted by Crippen LogP contribution is -2.36. The fraction of sp³-hybridized carbons (Fsp3) is 0.304. The number of hydrogen-bond donors (Lipinski definition) is 0. The van der Waals surface area contributed by atoms with Crippen LogP contribution in [0, 0.1) is 13.8 Å². The van der Waals surface area contributed by atoms with Gasteiger partial charge in [0.1, 0.15) is 0 Å². The Balaban J connectivity index is 1.45.